The normalized spacial score (nSPS) is 15.1. The molecule has 2 aromatic heterocycles. The van der Waals surface area contributed by atoms with Crippen molar-refractivity contribution in [1.29, 1.82) is 0 Å². The van der Waals surface area contributed by atoms with E-state index in [9.17, 15) is 0 Å². The van der Waals surface area contributed by atoms with Crippen LogP contribution in [0.4, 0.5) is 0 Å². The van der Waals surface area contributed by atoms with Crippen molar-refractivity contribution in [2.24, 2.45) is 0 Å². The second-order valence-electron chi connectivity index (χ2n) is 21.9. The molecular weight excluding hydrogens is 991 g/mol. The fourth-order valence-electron chi connectivity index (χ4n) is 13.6. The van der Waals surface area contributed by atoms with Gasteiger partial charge in [0.05, 0.1) is 11.0 Å². The summed E-state index contributed by atoms with van der Waals surface area (Å²) >= 11 is 1.94. The SMILES string of the molecule is CC1(C)c2cc(-n3c4ccccc4c4ccccc43)ccc2-c2ccc([Si]3(c4ccc(-c5ccc(-c6ccccc6)cc5)cc4)c4ccccc4Sc4c(-c5cccc(-c6cccc7oc8ccccc8c67)c5)cccc43)cc21. The van der Waals surface area contributed by atoms with E-state index in [0.717, 1.165) is 21.9 Å². The van der Waals surface area contributed by atoms with Gasteiger partial charge in [0, 0.05) is 42.4 Å². The molecule has 79 heavy (non-hydrogen) atoms. The summed E-state index contributed by atoms with van der Waals surface area (Å²) < 4.78 is 8.86. The molecule has 1 aliphatic carbocycles. The predicted molar refractivity (Wildman–Crippen MR) is 335 cm³/mol. The number of nitrogens with zero attached hydrogens (tertiary/aromatic N) is 1. The van der Waals surface area contributed by atoms with Gasteiger partial charge in [-0.05, 0) is 136 Å². The second-order valence-corrected chi connectivity index (χ2v) is 26.7. The smallest absolute Gasteiger partial charge is 0.181 e. The van der Waals surface area contributed by atoms with E-state index in [2.05, 4.69) is 285 Å². The Morgan fingerprint density at radius 3 is 1.63 bits per heavy atom. The van der Waals surface area contributed by atoms with Crippen molar-refractivity contribution in [3.8, 4) is 61.3 Å². The number of furan rings is 1. The molecule has 0 N–H and O–H groups in total. The quantitative estimate of drug-likeness (QED) is 0.148. The highest BCUT2D eigenvalue weighted by Gasteiger charge is 2.49. The van der Waals surface area contributed by atoms with Gasteiger partial charge in [-0.25, -0.2) is 0 Å². The van der Waals surface area contributed by atoms with Crippen LogP contribution in [0.15, 0.2) is 287 Å². The lowest BCUT2D eigenvalue weighted by Gasteiger charge is -2.41. The van der Waals surface area contributed by atoms with Gasteiger partial charge in [0.25, 0.3) is 0 Å². The molecule has 0 bridgehead atoms. The van der Waals surface area contributed by atoms with Gasteiger partial charge < -0.3 is 8.98 Å². The predicted octanol–water partition coefficient (Wildman–Crippen LogP) is 17.5. The number of hydrogen-bond donors (Lipinski definition) is 0. The Balaban J connectivity index is 0.885. The average Bonchev–Trinajstić information content (AvgIpc) is 4.32. The van der Waals surface area contributed by atoms with E-state index in [0.29, 0.717) is 0 Å². The lowest BCUT2D eigenvalue weighted by atomic mass is 9.82. The van der Waals surface area contributed by atoms with Crippen molar-refractivity contribution >= 4 is 84.3 Å². The molecule has 1 atom stereocenters. The first-order valence-electron chi connectivity index (χ1n) is 27.4. The summed E-state index contributed by atoms with van der Waals surface area (Å²) in [5.41, 5.74) is 20.2. The van der Waals surface area contributed by atoms with Gasteiger partial charge in [0.1, 0.15) is 11.2 Å². The zero-order valence-corrected chi connectivity index (χ0v) is 45.6. The molecule has 3 heterocycles. The van der Waals surface area contributed by atoms with Crippen molar-refractivity contribution in [2.45, 2.75) is 29.1 Å². The number of fused-ring (bicyclic) bond motifs is 11. The Labute approximate surface area is 464 Å². The maximum Gasteiger partial charge on any atom is 0.181 e. The highest BCUT2D eigenvalue weighted by Crippen LogP contribution is 2.50. The molecule has 12 aromatic carbocycles. The number of benzene rings is 12. The molecule has 2 aliphatic rings. The minimum absolute atomic E-state index is 0.280. The van der Waals surface area contributed by atoms with Crippen LogP contribution in [0.25, 0.3) is 105 Å². The van der Waals surface area contributed by atoms with Crippen LogP contribution in [0.1, 0.15) is 25.0 Å². The molecule has 0 fully saturated rings. The maximum absolute atomic E-state index is 6.41. The third-order valence-corrected chi connectivity index (χ3v) is 23.8. The van der Waals surface area contributed by atoms with Crippen molar-refractivity contribution in [2.75, 3.05) is 0 Å². The van der Waals surface area contributed by atoms with E-state index in [1.807, 2.05) is 17.8 Å². The van der Waals surface area contributed by atoms with Gasteiger partial charge in [0.2, 0.25) is 0 Å². The van der Waals surface area contributed by atoms with Crippen LogP contribution < -0.4 is 20.7 Å². The van der Waals surface area contributed by atoms with Crippen LogP contribution in [0.5, 0.6) is 0 Å². The summed E-state index contributed by atoms with van der Waals surface area (Å²) in [5.74, 6) is 0. The Bertz CT molecular complexity index is 4720. The van der Waals surface area contributed by atoms with Gasteiger partial charge in [-0.2, -0.15) is 0 Å². The number of para-hydroxylation sites is 3. The highest BCUT2D eigenvalue weighted by atomic mass is 32.2. The van der Waals surface area contributed by atoms with E-state index in [-0.39, 0.29) is 5.41 Å². The summed E-state index contributed by atoms with van der Waals surface area (Å²) in [6.45, 7) is 4.89. The monoisotopic (exact) mass is 1040 g/mol. The third kappa shape index (κ3) is 6.91. The Hall–Kier alpha value is -9.19. The summed E-state index contributed by atoms with van der Waals surface area (Å²) in [4.78, 5) is 2.65. The fourth-order valence-corrected chi connectivity index (χ4v) is 20.7. The van der Waals surface area contributed by atoms with Gasteiger partial charge in [0.15, 0.2) is 8.07 Å². The van der Waals surface area contributed by atoms with Crippen LogP contribution in [-0.4, -0.2) is 12.6 Å². The molecule has 0 amide bonds. The van der Waals surface area contributed by atoms with Crippen LogP contribution in [0.2, 0.25) is 0 Å². The van der Waals surface area contributed by atoms with Gasteiger partial charge >= 0.3 is 0 Å². The second kappa shape index (κ2) is 17.7. The van der Waals surface area contributed by atoms with Gasteiger partial charge in [-0.3, -0.25) is 0 Å². The summed E-state index contributed by atoms with van der Waals surface area (Å²) in [5, 5.41) is 10.5. The van der Waals surface area contributed by atoms with Crippen LogP contribution in [-0.2, 0) is 5.41 Å². The Kier molecular flexibility index (Phi) is 10.3. The van der Waals surface area contributed by atoms with Crippen molar-refractivity contribution in [3.63, 3.8) is 0 Å². The number of aromatic nitrogens is 1. The molecule has 4 heteroatoms. The zero-order chi connectivity index (χ0) is 52.4. The van der Waals surface area contributed by atoms with Crippen LogP contribution in [0, 0.1) is 0 Å². The molecule has 16 rings (SSSR count). The molecule has 1 unspecified atom stereocenters. The summed E-state index contributed by atoms with van der Waals surface area (Å²) in [6.07, 6.45) is 0. The molecule has 1 aliphatic heterocycles. The number of hydrogen-bond acceptors (Lipinski definition) is 2. The standard InChI is InChI=1S/C75H51NOSSi/c1-75(2)64-46-54(76-66-26-9-6-21-61(66)62-22-7-10-27-67(62)76)39-43-59(64)60-44-42-56(47-65(60)75)79(55-40-37-51(38-41-55)50-35-33-49(34-36-50)48-17-4-3-5-18-48)71-31-13-12-30-70(71)78-74-58(25-16-32-72(74)79)53-20-14-19-52(45-53)57-24-15-29-69-73(57)63-23-8-11-28-68(63)77-69/h3-47H,1-2H3. The zero-order valence-electron chi connectivity index (χ0n) is 43.7. The fraction of sp³-hybridized carbons (Fsp3) is 0.0400. The van der Waals surface area contributed by atoms with E-state index >= 15 is 0 Å². The average molecular weight is 1040 g/mol. The van der Waals surface area contributed by atoms with E-state index in [4.69, 9.17) is 4.42 Å². The molecule has 2 nitrogen and oxygen atoms in total. The summed E-state index contributed by atoms with van der Waals surface area (Å²) in [6, 6.07) is 102. The Morgan fingerprint density at radius 2 is 0.886 bits per heavy atom. The first kappa shape index (κ1) is 46.0. The molecule has 0 saturated heterocycles. The van der Waals surface area contributed by atoms with Crippen molar-refractivity contribution in [1.82, 2.24) is 4.57 Å². The van der Waals surface area contributed by atoms with E-state index in [1.165, 1.54) is 125 Å². The first-order chi connectivity index (χ1) is 38.9. The van der Waals surface area contributed by atoms with Crippen LogP contribution in [0.3, 0.4) is 0 Å². The van der Waals surface area contributed by atoms with Crippen molar-refractivity contribution in [3.05, 3.63) is 284 Å². The minimum atomic E-state index is -3.11. The molecule has 0 spiro atoms. The van der Waals surface area contributed by atoms with Gasteiger partial charge in [-0.1, -0.05) is 250 Å². The molecule has 14 aromatic rings. The lowest BCUT2D eigenvalue weighted by Crippen LogP contribution is -2.76. The van der Waals surface area contributed by atoms with Gasteiger partial charge in [-0.15, -0.1) is 0 Å². The molecule has 0 saturated carbocycles. The summed E-state index contributed by atoms with van der Waals surface area (Å²) in [7, 11) is -3.11. The molecular formula is C75H51NOSSi. The largest absolute Gasteiger partial charge is 0.456 e. The molecule has 372 valence electrons. The highest BCUT2D eigenvalue weighted by molar-refractivity contribution is 8.00. The maximum atomic E-state index is 6.41. The Morgan fingerprint density at radius 1 is 0.367 bits per heavy atom. The first-order valence-corrected chi connectivity index (χ1v) is 30.2. The molecule has 0 radical (unpaired) electrons. The van der Waals surface area contributed by atoms with E-state index < -0.39 is 8.07 Å². The van der Waals surface area contributed by atoms with E-state index in [1.54, 1.807) is 0 Å². The van der Waals surface area contributed by atoms with Crippen molar-refractivity contribution < 1.29 is 4.42 Å². The third-order valence-electron chi connectivity index (χ3n) is 17.4. The number of rotatable bonds is 7. The topological polar surface area (TPSA) is 18.1 Å². The lowest BCUT2D eigenvalue weighted by molar-refractivity contribution is 0.660. The minimum Gasteiger partial charge on any atom is -0.456 e. The van der Waals surface area contributed by atoms with Crippen LogP contribution >= 0.6 is 11.8 Å².